The van der Waals surface area contributed by atoms with Crippen LogP contribution in [-0.4, -0.2) is 53.2 Å². The number of fused-ring (bicyclic) bond motifs is 1. The van der Waals surface area contributed by atoms with Crippen molar-refractivity contribution in [1.29, 1.82) is 0 Å². The Morgan fingerprint density at radius 2 is 1.91 bits per heavy atom. The zero-order chi connectivity index (χ0) is 15.0. The number of amides is 1. The lowest BCUT2D eigenvalue weighted by Gasteiger charge is -2.27. The summed E-state index contributed by atoms with van der Waals surface area (Å²) >= 11 is 0. The van der Waals surface area contributed by atoms with Crippen molar-refractivity contribution in [2.45, 2.75) is 19.3 Å². The second-order valence-electron chi connectivity index (χ2n) is 4.96. The summed E-state index contributed by atoms with van der Waals surface area (Å²) in [6, 6.07) is 0. The quantitative estimate of drug-likeness (QED) is 0.825. The van der Waals surface area contributed by atoms with E-state index in [1.807, 2.05) is 0 Å². The predicted octanol–water partition coefficient (Wildman–Crippen LogP) is 0.899. The van der Waals surface area contributed by atoms with Gasteiger partial charge in [-0.15, -0.1) is 12.4 Å². The van der Waals surface area contributed by atoms with Crippen LogP contribution in [0.25, 0.3) is 0 Å². The minimum Gasteiger partial charge on any atom is -0.378 e. The Kier molecular flexibility index (Phi) is 4.98. The Labute approximate surface area is 131 Å². The van der Waals surface area contributed by atoms with Gasteiger partial charge in [0.2, 0.25) is 5.82 Å². The van der Waals surface area contributed by atoms with Gasteiger partial charge in [-0.3, -0.25) is 4.79 Å². The molecule has 0 saturated carbocycles. The Bertz CT molecular complexity index is 555. The number of carbonyl (C=O) groups is 1. The molecule has 0 radical (unpaired) electrons. The number of hydrogen-bond donors (Lipinski definition) is 1. The summed E-state index contributed by atoms with van der Waals surface area (Å²) in [5.74, 6) is -1.45. The van der Waals surface area contributed by atoms with E-state index >= 15 is 0 Å². The number of imidazole rings is 1. The van der Waals surface area contributed by atoms with E-state index < -0.39 is 17.9 Å². The van der Waals surface area contributed by atoms with Crippen molar-refractivity contribution >= 4 is 18.3 Å². The highest BCUT2D eigenvalue weighted by molar-refractivity contribution is 5.93. The Morgan fingerprint density at radius 1 is 1.23 bits per heavy atom. The molecule has 0 aliphatic carbocycles. The molecule has 22 heavy (non-hydrogen) atoms. The maximum absolute atomic E-state index is 13.0. The van der Waals surface area contributed by atoms with Crippen LogP contribution < -0.4 is 5.32 Å². The minimum atomic E-state index is -4.56. The molecule has 0 bridgehead atoms. The topological polar surface area (TPSA) is 59.4 Å². The van der Waals surface area contributed by atoms with Crippen LogP contribution in [0.3, 0.4) is 0 Å². The highest BCUT2D eigenvalue weighted by atomic mass is 35.5. The van der Waals surface area contributed by atoms with Crippen molar-refractivity contribution in [1.82, 2.24) is 19.8 Å². The molecule has 124 valence electrons. The third kappa shape index (κ3) is 3.06. The average Bonchev–Trinajstić information content (AvgIpc) is 2.87. The van der Waals surface area contributed by atoms with Gasteiger partial charge in [0.15, 0.2) is 5.69 Å². The predicted molar refractivity (Wildman–Crippen MR) is 72.9 cm³/mol. The molecule has 1 amide bonds. The van der Waals surface area contributed by atoms with Gasteiger partial charge in [0.25, 0.3) is 5.91 Å². The van der Waals surface area contributed by atoms with Gasteiger partial charge >= 0.3 is 6.18 Å². The number of alkyl halides is 3. The third-order valence-electron chi connectivity index (χ3n) is 3.63. The van der Waals surface area contributed by atoms with Crippen molar-refractivity contribution in [3.8, 4) is 0 Å². The summed E-state index contributed by atoms with van der Waals surface area (Å²) in [5.41, 5.74) is 0.210. The van der Waals surface area contributed by atoms with Gasteiger partial charge in [0.05, 0.1) is 18.9 Å². The lowest BCUT2D eigenvalue weighted by atomic mass is 10.2. The van der Waals surface area contributed by atoms with Gasteiger partial charge in [0.1, 0.15) is 0 Å². The molecule has 0 atom stereocenters. The van der Waals surface area contributed by atoms with E-state index in [1.165, 1.54) is 4.90 Å². The molecule has 1 saturated heterocycles. The SMILES string of the molecule is Cl.O=C(c1nc(C(F)(F)F)n2c1CNCC2)N1CCOCC1. The van der Waals surface area contributed by atoms with Crippen molar-refractivity contribution in [3.63, 3.8) is 0 Å². The summed E-state index contributed by atoms with van der Waals surface area (Å²) < 4.78 is 45.4. The summed E-state index contributed by atoms with van der Waals surface area (Å²) in [6.45, 7) is 2.35. The zero-order valence-electron chi connectivity index (χ0n) is 11.7. The Morgan fingerprint density at radius 3 is 2.55 bits per heavy atom. The second kappa shape index (κ2) is 6.43. The van der Waals surface area contributed by atoms with E-state index in [4.69, 9.17) is 4.74 Å². The van der Waals surface area contributed by atoms with E-state index in [-0.39, 0.29) is 31.2 Å². The highest BCUT2D eigenvalue weighted by Crippen LogP contribution is 2.31. The number of nitrogens with one attached hydrogen (secondary N) is 1. The number of halogens is 4. The fourth-order valence-electron chi connectivity index (χ4n) is 2.61. The van der Waals surface area contributed by atoms with E-state index in [0.29, 0.717) is 38.5 Å². The fraction of sp³-hybridized carbons (Fsp3) is 0.667. The molecule has 1 fully saturated rings. The van der Waals surface area contributed by atoms with Gasteiger partial charge in [-0.05, 0) is 0 Å². The second-order valence-corrected chi connectivity index (χ2v) is 4.96. The molecule has 0 spiro atoms. The molecule has 10 heteroatoms. The van der Waals surface area contributed by atoms with Gasteiger partial charge in [-0.1, -0.05) is 0 Å². The smallest absolute Gasteiger partial charge is 0.378 e. The lowest BCUT2D eigenvalue weighted by Crippen LogP contribution is -2.41. The van der Waals surface area contributed by atoms with Crippen LogP contribution >= 0.6 is 12.4 Å². The molecular weight excluding hydrogens is 325 g/mol. The van der Waals surface area contributed by atoms with Crippen LogP contribution in [0.5, 0.6) is 0 Å². The van der Waals surface area contributed by atoms with Crippen LogP contribution in [0.15, 0.2) is 0 Å². The Balaban J connectivity index is 0.00000176. The van der Waals surface area contributed by atoms with E-state index in [0.717, 1.165) is 4.57 Å². The molecule has 6 nitrogen and oxygen atoms in total. The first-order valence-electron chi connectivity index (χ1n) is 6.73. The third-order valence-corrected chi connectivity index (χ3v) is 3.63. The number of aromatic nitrogens is 2. The molecule has 3 rings (SSSR count). The average molecular weight is 341 g/mol. The van der Waals surface area contributed by atoms with Crippen LogP contribution in [0.1, 0.15) is 22.0 Å². The van der Waals surface area contributed by atoms with Crippen molar-refractivity contribution in [3.05, 3.63) is 17.2 Å². The van der Waals surface area contributed by atoms with Gasteiger partial charge in [-0.2, -0.15) is 13.2 Å². The number of rotatable bonds is 1. The molecule has 1 aromatic heterocycles. The monoisotopic (exact) mass is 340 g/mol. The molecule has 0 unspecified atom stereocenters. The van der Waals surface area contributed by atoms with Crippen LogP contribution in [0.4, 0.5) is 13.2 Å². The molecule has 3 heterocycles. The zero-order valence-corrected chi connectivity index (χ0v) is 12.5. The molecule has 2 aliphatic heterocycles. The van der Waals surface area contributed by atoms with Crippen molar-refractivity contribution < 1.29 is 22.7 Å². The minimum absolute atomic E-state index is 0. The molecular formula is C12H16ClF3N4O2. The number of nitrogens with zero attached hydrogens (tertiary/aromatic N) is 3. The normalized spacial score (nSPS) is 18.6. The maximum Gasteiger partial charge on any atom is 0.449 e. The first-order valence-corrected chi connectivity index (χ1v) is 6.73. The first kappa shape index (κ1) is 17.0. The van der Waals surface area contributed by atoms with Crippen LogP contribution in [0, 0.1) is 0 Å². The van der Waals surface area contributed by atoms with Gasteiger partial charge < -0.3 is 19.5 Å². The molecule has 1 N–H and O–H groups in total. The molecule has 0 aromatic carbocycles. The van der Waals surface area contributed by atoms with Gasteiger partial charge in [-0.25, -0.2) is 4.98 Å². The fourth-order valence-corrected chi connectivity index (χ4v) is 2.61. The number of morpholine rings is 1. The maximum atomic E-state index is 13.0. The summed E-state index contributed by atoms with van der Waals surface area (Å²) in [6.07, 6.45) is -4.56. The van der Waals surface area contributed by atoms with Crippen molar-refractivity contribution in [2.24, 2.45) is 0 Å². The van der Waals surface area contributed by atoms with Crippen molar-refractivity contribution in [2.75, 3.05) is 32.8 Å². The van der Waals surface area contributed by atoms with Gasteiger partial charge in [0, 0.05) is 32.7 Å². The number of ether oxygens (including phenoxy) is 1. The van der Waals surface area contributed by atoms with Crippen LogP contribution in [0.2, 0.25) is 0 Å². The lowest BCUT2D eigenvalue weighted by molar-refractivity contribution is -0.147. The first-order chi connectivity index (χ1) is 9.98. The van der Waals surface area contributed by atoms with E-state index in [9.17, 15) is 18.0 Å². The standard InChI is InChI=1S/C12H15F3N4O2.ClH/c13-12(14,15)11-17-9(8-7-16-1-2-19(8)11)10(20)18-3-5-21-6-4-18;/h16H,1-7H2;1H. The summed E-state index contributed by atoms with van der Waals surface area (Å²) in [5, 5.41) is 2.98. The molecule has 2 aliphatic rings. The van der Waals surface area contributed by atoms with Crippen LogP contribution in [-0.2, 0) is 24.0 Å². The summed E-state index contributed by atoms with van der Waals surface area (Å²) in [7, 11) is 0. The highest BCUT2D eigenvalue weighted by Gasteiger charge is 2.41. The van der Waals surface area contributed by atoms with E-state index in [2.05, 4.69) is 10.3 Å². The number of hydrogen-bond acceptors (Lipinski definition) is 4. The van der Waals surface area contributed by atoms with E-state index in [1.54, 1.807) is 0 Å². The summed E-state index contributed by atoms with van der Waals surface area (Å²) in [4.78, 5) is 17.5. The number of carbonyl (C=O) groups excluding carboxylic acids is 1. The largest absolute Gasteiger partial charge is 0.449 e. The Hall–Kier alpha value is -1.32. The molecule has 1 aromatic rings.